The lowest BCUT2D eigenvalue weighted by Gasteiger charge is -2.38. The Morgan fingerprint density at radius 3 is 1.15 bits per heavy atom. The average molecular weight is 1340 g/mol. The Bertz CT molecular complexity index is 4690. The number of hydrogen-bond donors (Lipinski definition) is 0. The zero-order valence-electron chi connectivity index (χ0n) is 48.2. The summed E-state index contributed by atoms with van der Waals surface area (Å²) < 4.78 is 173. The number of rotatable bonds is 23. The molecule has 10 aromatic rings. The molecule has 0 radical (unpaired) electrons. The van der Waals surface area contributed by atoms with Gasteiger partial charge in [-0.25, -0.2) is 0 Å². The molecule has 0 fully saturated rings. The van der Waals surface area contributed by atoms with Crippen LogP contribution in [0.2, 0.25) is 0 Å². The topological polar surface area (TPSA) is 200 Å². The van der Waals surface area contributed by atoms with E-state index in [4.69, 9.17) is 18.9 Å². The number of halogens is 6. The lowest BCUT2D eigenvalue weighted by atomic mass is 9.73. The molecule has 0 atom stereocenters. The van der Waals surface area contributed by atoms with Crippen LogP contribution in [0.25, 0.3) is 11.1 Å². The number of alkyl halides is 6. The van der Waals surface area contributed by atoms with Gasteiger partial charge in [0, 0.05) is 57.5 Å². The highest BCUT2D eigenvalue weighted by Crippen LogP contribution is 2.56. The monoisotopic (exact) mass is 1340 g/mol. The van der Waals surface area contributed by atoms with Gasteiger partial charge in [-0.2, -0.15) is 43.2 Å². The summed E-state index contributed by atoms with van der Waals surface area (Å²) in [5, 5.41) is 0. The van der Waals surface area contributed by atoms with Gasteiger partial charge in [-0.1, -0.05) is 90.5 Å². The van der Waals surface area contributed by atoms with E-state index in [0.29, 0.717) is 68.8 Å². The fourth-order valence-corrected chi connectivity index (χ4v) is 11.9. The fourth-order valence-electron chi connectivity index (χ4n) is 9.83. The number of nitrogens with zero attached hydrogens (tertiary/aromatic N) is 2. The zero-order chi connectivity index (χ0) is 66.5. The van der Waals surface area contributed by atoms with Crippen LogP contribution in [0.3, 0.4) is 0 Å². The first-order chi connectivity index (χ1) is 44.3. The van der Waals surface area contributed by atoms with Crippen LogP contribution in [0.4, 0.5) is 26.3 Å². The minimum absolute atomic E-state index is 0.0160. The van der Waals surface area contributed by atoms with Gasteiger partial charge >= 0.3 is 32.6 Å². The summed E-state index contributed by atoms with van der Waals surface area (Å²) in [6.45, 7) is 3.65. The number of ether oxygens (including phenoxy) is 4. The summed E-state index contributed by atoms with van der Waals surface area (Å²) >= 11 is 0. The number of hydrogen-bond acceptors (Lipinski definition) is 15. The third kappa shape index (κ3) is 14.5. The van der Waals surface area contributed by atoms with Crippen molar-refractivity contribution in [3.8, 4) is 57.1 Å². The van der Waals surface area contributed by atoms with Gasteiger partial charge in [0.05, 0.1) is 4.90 Å². The molecule has 0 aliphatic carbocycles. The van der Waals surface area contributed by atoms with Crippen LogP contribution in [0.15, 0.2) is 250 Å². The van der Waals surface area contributed by atoms with Crippen LogP contribution in [0.5, 0.6) is 46.0 Å². The molecular formula is C68H46F6N2O13P2S2. The largest absolute Gasteiger partial charge is 0.457 e. The molecule has 470 valence electrons. The number of carbonyl (C=O) groups is 3. The molecule has 25 heteroatoms. The van der Waals surface area contributed by atoms with Crippen LogP contribution in [-0.2, 0) is 34.2 Å². The number of ketones is 3. The quantitative estimate of drug-likeness (QED) is 0.0254. The van der Waals surface area contributed by atoms with E-state index in [1.54, 1.807) is 67.6 Å². The summed E-state index contributed by atoms with van der Waals surface area (Å²) in [6, 6.07) is 51.9. The fraction of sp³-hybridized carbons (Fsp3) is 0.0735. The first-order valence-electron chi connectivity index (χ1n) is 27.4. The SMILES string of the molecule is Cc1ccc(C(=O)c2ccc(Oc3ccc(C(c4ccc(Oc5ccc(C(=O)c6ccc(-c7ccc(C)c(C(=O)c8ccc(Oc9ccc(Oc%10ccc(S(=O)(=O)ON=P)cc%10)c(S(=O)(=O)ON=P)c9)cc8)c7)cc6)cc5)cc4)(C(F)(F)F)C(F)(F)F)cc3)cc2)cc1. The van der Waals surface area contributed by atoms with Crippen molar-refractivity contribution < 1.29 is 85.1 Å². The third-order valence-electron chi connectivity index (χ3n) is 14.6. The average Bonchev–Trinajstić information content (AvgIpc) is 0.721. The second kappa shape index (κ2) is 27.1. The number of benzene rings is 10. The lowest BCUT2D eigenvalue weighted by Crippen LogP contribution is -2.54. The second-order valence-corrected chi connectivity index (χ2v) is 23.9. The van der Waals surface area contributed by atoms with E-state index >= 15 is 26.3 Å². The Hall–Kier alpha value is -9.99. The number of aryl methyl sites for hydroxylation is 2. The molecule has 0 bridgehead atoms. The molecule has 0 saturated carbocycles. The van der Waals surface area contributed by atoms with Gasteiger partial charge in [0.25, 0.3) is 0 Å². The minimum Gasteiger partial charge on any atom is -0.457 e. The molecule has 0 aliphatic rings. The summed E-state index contributed by atoms with van der Waals surface area (Å²) in [4.78, 5) is 45.8. The molecule has 0 amide bonds. The third-order valence-corrected chi connectivity index (χ3v) is 17.2. The Morgan fingerprint density at radius 2 is 0.720 bits per heavy atom. The van der Waals surface area contributed by atoms with Crippen molar-refractivity contribution in [2.45, 2.75) is 41.4 Å². The molecule has 0 unspecified atom stereocenters. The first kappa shape index (κ1) is 65.9. The summed E-state index contributed by atoms with van der Waals surface area (Å²) in [5.74, 6) is -0.765. The van der Waals surface area contributed by atoms with Gasteiger partial charge in [0.1, 0.15) is 50.9 Å². The van der Waals surface area contributed by atoms with Crippen molar-refractivity contribution in [3.05, 3.63) is 286 Å². The summed E-state index contributed by atoms with van der Waals surface area (Å²) in [5.41, 5.74) is -1.74. The van der Waals surface area contributed by atoms with Crippen LogP contribution >= 0.6 is 18.1 Å². The minimum atomic E-state index is -5.87. The van der Waals surface area contributed by atoms with Crippen molar-refractivity contribution in [1.29, 1.82) is 0 Å². The molecule has 0 aromatic heterocycles. The van der Waals surface area contributed by atoms with Crippen molar-refractivity contribution in [2.24, 2.45) is 9.82 Å². The van der Waals surface area contributed by atoms with Gasteiger partial charge in [-0.15, -0.1) is 18.4 Å². The maximum atomic E-state index is 15.1. The van der Waals surface area contributed by atoms with E-state index in [0.717, 1.165) is 48.0 Å². The van der Waals surface area contributed by atoms with Crippen molar-refractivity contribution in [2.75, 3.05) is 0 Å². The molecule has 0 heterocycles. The molecule has 10 aromatic carbocycles. The van der Waals surface area contributed by atoms with Gasteiger partial charge in [0.2, 0.25) is 5.41 Å². The molecular weight excluding hydrogens is 1290 g/mol. The van der Waals surface area contributed by atoms with E-state index in [-0.39, 0.29) is 73.8 Å². The molecule has 0 aliphatic heterocycles. The Balaban J connectivity index is 0.771. The standard InChI is InChI=1S/C68H46F6N2O13P2S2/c1-41-3-6-44(7-4-41)63(77)46-13-23-52(24-14-46)84-55-29-19-50(20-30-55)66(67(69,70)71,68(72,73)74)51-21-31-56(32-22-51)85-53-25-15-47(16-26-53)64(78)45-11-9-43(10-12-45)49-8-5-42(2)60(39-49)65(79)48-17-27-54(28-18-48)86-58-35-38-61(62(40-58)93(82,83)89-76-91)87-57-33-36-59(37-34-57)92(80,81)88-75-90/h3-40,90-91H,1-2H3. The van der Waals surface area contributed by atoms with Crippen LogP contribution in [0, 0.1) is 13.8 Å². The van der Waals surface area contributed by atoms with Crippen molar-refractivity contribution >= 4 is 55.6 Å². The van der Waals surface area contributed by atoms with Gasteiger partial charge < -0.3 is 18.9 Å². The Morgan fingerprint density at radius 1 is 0.376 bits per heavy atom. The number of carbonyl (C=O) groups excluding carboxylic acids is 3. The van der Waals surface area contributed by atoms with Gasteiger partial charge in [-0.3, -0.25) is 14.4 Å². The van der Waals surface area contributed by atoms with Crippen LogP contribution in [-0.4, -0.2) is 46.5 Å². The van der Waals surface area contributed by atoms with Crippen LogP contribution < -0.4 is 18.9 Å². The normalized spacial score (nSPS) is 11.9. The summed E-state index contributed by atoms with van der Waals surface area (Å²) in [7, 11) is -3.62. The predicted octanol–water partition coefficient (Wildman–Crippen LogP) is 18.1. The van der Waals surface area contributed by atoms with Crippen molar-refractivity contribution in [3.63, 3.8) is 0 Å². The molecule has 10 rings (SSSR count). The van der Waals surface area contributed by atoms with E-state index in [2.05, 4.69) is 36.4 Å². The molecule has 0 spiro atoms. The highest BCUT2D eigenvalue weighted by atomic mass is 32.2. The lowest BCUT2D eigenvalue weighted by molar-refractivity contribution is -0.288. The Kier molecular flexibility index (Phi) is 19.2. The summed E-state index contributed by atoms with van der Waals surface area (Å²) in [6.07, 6.45) is -11.7. The predicted molar refractivity (Wildman–Crippen MR) is 334 cm³/mol. The van der Waals surface area contributed by atoms with E-state index in [9.17, 15) is 31.2 Å². The smallest absolute Gasteiger partial charge is 0.411 e. The maximum absolute atomic E-state index is 15.1. The second-order valence-electron chi connectivity index (χ2n) is 20.6. The van der Waals surface area contributed by atoms with Crippen LogP contribution in [0.1, 0.15) is 70.0 Å². The van der Waals surface area contributed by atoms with Crippen molar-refractivity contribution in [1.82, 2.24) is 0 Å². The zero-order valence-corrected chi connectivity index (χ0v) is 51.9. The highest BCUT2D eigenvalue weighted by Gasteiger charge is 2.72. The molecule has 15 nitrogen and oxygen atoms in total. The molecule has 93 heavy (non-hydrogen) atoms. The molecule has 0 N–H and O–H groups in total. The van der Waals surface area contributed by atoms with E-state index in [1.807, 2.05) is 13.0 Å². The van der Waals surface area contributed by atoms with Gasteiger partial charge in [-0.05, 0) is 181 Å². The maximum Gasteiger partial charge on any atom is 0.411 e. The highest BCUT2D eigenvalue weighted by molar-refractivity contribution is 7.87. The van der Waals surface area contributed by atoms with E-state index in [1.165, 1.54) is 97.1 Å². The van der Waals surface area contributed by atoms with E-state index < -0.39 is 54.0 Å². The molecule has 0 saturated heterocycles. The Labute approximate surface area is 532 Å². The van der Waals surface area contributed by atoms with Gasteiger partial charge in [0.15, 0.2) is 17.3 Å². The first-order valence-corrected chi connectivity index (χ1v) is 31.1.